The van der Waals surface area contributed by atoms with E-state index >= 15 is 0 Å². The molecular weight excluding hydrogens is 212 g/mol. The molecule has 2 atom stereocenters. The lowest BCUT2D eigenvalue weighted by molar-refractivity contribution is 0.0830. The maximum atomic E-state index is 9.33. The number of nitrogens with zero attached hydrogens (tertiary/aromatic N) is 3. The molecule has 17 heavy (non-hydrogen) atoms. The molecule has 1 fully saturated rings. The number of rotatable bonds is 5. The molecule has 0 saturated carbocycles. The van der Waals surface area contributed by atoms with Crippen LogP contribution in [-0.4, -0.2) is 61.2 Å². The first-order chi connectivity index (χ1) is 8.00. The molecule has 0 spiro atoms. The molecule has 0 amide bonds. The molecule has 4 nitrogen and oxygen atoms in total. The standard InChI is InChI=1S/C13H26N4/c1-5-6-15-13(3,10-14)11-17-8-7-16(4)9-12(17)2/h12,15H,5-9,11H2,1-4H3. The van der Waals surface area contributed by atoms with E-state index in [1.54, 1.807) is 0 Å². The molecule has 0 aliphatic carbocycles. The summed E-state index contributed by atoms with van der Waals surface area (Å²) < 4.78 is 0. The first kappa shape index (κ1) is 14.4. The molecule has 0 bridgehead atoms. The molecule has 1 heterocycles. The van der Waals surface area contributed by atoms with Crippen LogP contribution in [0.5, 0.6) is 0 Å². The Labute approximate surface area is 106 Å². The van der Waals surface area contributed by atoms with Gasteiger partial charge in [-0.25, -0.2) is 0 Å². The van der Waals surface area contributed by atoms with Crippen molar-refractivity contribution in [2.45, 2.75) is 38.8 Å². The summed E-state index contributed by atoms with van der Waals surface area (Å²) in [5.74, 6) is 0. The van der Waals surface area contributed by atoms with Crippen LogP contribution in [0.3, 0.4) is 0 Å². The van der Waals surface area contributed by atoms with Crippen LogP contribution in [0.4, 0.5) is 0 Å². The fourth-order valence-electron chi connectivity index (χ4n) is 2.35. The fraction of sp³-hybridized carbons (Fsp3) is 0.923. The summed E-state index contributed by atoms with van der Waals surface area (Å²) in [6, 6.07) is 2.96. The molecule has 1 aliphatic rings. The second-order valence-electron chi connectivity index (χ2n) is 5.45. The summed E-state index contributed by atoms with van der Waals surface area (Å²) in [5, 5.41) is 12.7. The van der Waals surface area contributed by atoms with E-state index in [-0.39, 0.29) is 0 Å². The average Bonchev–Trinajstić information content (AvgIpc) is 2.30. The van der Waals surface area contributed by atoms with Crippen molar-refractivity contribution in [3.8, 4) is 6.07 Å². The Morgan fingerprint density at radius 2 is 2.18 bits per heavy atom. The Kier molecular flexibility index (Phi) is 5.38. The van der Waals surface area contributed by atoms with Crippen molar-refractivity contribution >= 4 is 0 Å². The molecule has 1 N–H and O–H groups in total. The van der Waals surface area contributed by atoms with Crippen molar-refractivity contribution in [3.05, 3.63) is 0 Å². The Balaban J connectivity index is 2.53. The lowest BCUT2D eigenvalue weighted by Crippen LogP contribution is -2.58. The summed E-state index contributed by atoms with van der Waals surface area (Å²) in [6.45, 7) is 11.4. The smallest absolute Gasteiger partial charge is 0.116 e. The molecule has 0 aromatic heterocycles. The molecule has 1 aliphatic heterocycles. The van der Waals surface area contributed by atoms with E-state index in [9.17, 15) is 5.26 Å². The molecule has 0 radical (unpaired) electrons. The normalized spacial score (nSPS) is 26.4. The number of hydrogen-bond donors (Lipinski definition) is 1. The number of piperazine rings is 1. The maximum absolute atomic E-state index is 9.33. The van der Waals surface area contributed by atoms with Gasteiger partial charge in [-0.3, -0.25) is 10.2 Å². The number of likely N-dealkylation sites (N-methyl/N-ethyl adjacent to an activating group) is 1. The van der Waals surface area contributed by atoms with E-state index in [1.165, 1.54) is 0 Å². The van der Waals surface area contributed by atoms with Crippen LogP contribution < -0.4 is 5.32 Å². The molecule has 1 rings (SSSR count). The largest absolute Gasteiger partial charge is 0.304 e. The van der Waals surface area contributed by atoms with E-state index in [1.807, 2.05) is 6.92 Å². The summed E-state index contributed by atoms with van der Waals surface area (Å²) in [4.78, 5) is 4.77. The van der Waals surface area contributed by atoms with E-state index < -0.39 is 5.54 Å². The van der Waals surface area contributed by atoms with Gasteiger partial charge >= 0.3 is 0 Å². The van der Waals surface area contributed by atoms with Crippen molar-refractivity contribution in [1.82, 2.24) is 15.1 Å². The molecule has 4 heteroatoms. The first-order valence-corrected chi connectivity index (χ1v) is 6.59. The maximum Gasteiger partial charge on any atom is 0.116 e. The van der Waals surface area contributed by atoms with Gasteiger partial charge in [-0.1, -0.05) is 6.92 Å². The van der Waals surface area contributed by atoms with Crippen molar-refractivity contribution < 1.29 is 0 Å². The Bertz CT molecular complexity index is 273. The predicted molar refractivity (Wildman–Crippen MR) is 70.8 cm³/mol. The Hall–Kier alpha value is -0.630. The van der Waals surface area contributed by atoms with Gasteiger partial charge in [0.15, 0.2) is 0 Å². The Morgan fingerprint density at radius 1 is 1.47 bits per heavy atom. The highest BCUT2D eigenvalue weighted by molar-refractivity contribution is 5.06. The highest BCUT2D eigenvalue weighted by Gasteiger charge is 2.30. The summed E-state index contributed by atoms with van der Waals surface area (Å²) in [7, 11) is 2.16. The highest BCUT2D eigenvalue weighted by Crippen LogP contribution is 2.13. The zero-order valence-electron chi connectivity index (χ0n) is 11.7. The van der Waals surface area contributed by atoms with Gasteiger partial charge in [-0.05, 0) is 33.9 Å². The molecule has 0 aromatic carbocycles. The molecular formula is C13H26N4. The summed E-state index contributed by atoms with van der Waals surface area (Å²) in [6.07, 6.45) is 1.07. The van der Waals surface area contributed by atoms with Gasteiger partial charge in [0, 0.05) is 32.2 Å². The SMILES string of the molecule is CCCNC(C)(C#N)CN1CCN(C)CC1C. The molecule has 98 valence electrons. The number of nitriles is 1. The quantitative estimate of drug-likeness (QED) is 0.773. The van der Waals surface area contributed by atoms with Crippen molar-refractivity contribution in [2.24, 2.45) is 0 Å². The van der Waals surface area contributed by atoms with Crippen molar-refractivity contribution in [3.63, 3.8) is 0 Å². The van der Waals surface area contributed by atoms with Crippen LogP contribution in [0.15, 0.2) is 0 Å². The average molecular weight is 238 g/mol. The van der Waals surface area contributed by atoms with Crippen LogP contribution in [0.1, 0.15) is 27.2 Å². The lowest BCUT2D eigenvalue weighted by atomic mass is 10.0. The number of hydrogen-bond acceptors (Lipinski definition) is 4. The minimum atomic E-state index is -0.416. The van der Waals surface area contributed by atoms with Crippen LogP contribution in [0.2, 0.25) is 0 Å². The second-order valence-corrected chi connectivity index (χ2v) is 5.45. The van der Waals surface area contributed by atoms with Gasteiger partial charge in [0.1, 0.15) is 5.54 Å². The number of nitrogens with one attached hydrogen (secondary N) is 1. The van der Waals surface area contributed by atoms with E-state index in [0.29, 0.717) is 6.04 Å². The monoisotopic (exact) mass is 238 g/mol. The zero-order chi connectivity index (χ0) is 12.9. The third-order valence-electron chi connectivity index (χ3n) is 3.50. The minimum Gasteiger partial charge on any atom is -0.304 e. The van der Waals surface area contributed by atoms with Crippen LogP contribution in [0.25, 0.3) is 0 Å². The Morgan fingerprint density at radius 3 is 2.71 bits per heavy atom. The third kappa shape index (κ3) is 4.27. The van der Waals surface area contributed by atoms with Gasteiger partial charge in [0.05, 0.1) is 6.07 Å². The van der Waals surface area contributed by atoms with Gasteiger partial charge < -0.3 is 4.90 Å². The molecule has 1 saturated heterocycles. The van der Waals surface area contributed by atoms with E-state index in [0.717, 1.165) is 39.1 Å². The topological polar surface area (TPSA) is 42.3 Å². The van der Waals surface area contributed by atoms with Crippen molar-refractivity contribution in [2.75, 3.05) is 39.8 Å². The van der Waals surface area contributed by atoms with E-state index in [2.05, 4.69) is 42.1 Å². The van der Waals surface area contributed by atoms with E-state index in [4.69, 9.17) is 0 Å². The minimum absolute atomic E-state index is 0.416. The van der Waals surface area contributed by atoms with Crippen LogP contribution in [0, 0.1) is 11.3 Å². The predicted octanol–water partition coefficient (Wildman–Crippen LogP) is 0.904. The van der Waals surface area contributed by atoms with Crippen LogP contribution >= 0.6 is 0 Å². The van der Waals surface area contributed by atoms with Gasteiger partial charge in [0.2, 0.25) is 0 Å². The summed E-state index contributed by atoms with van der Waals surface area (Å²) >= 11 is 0. The van der Waals surface area contributed by atoms with Crippen molar-refractivity contribution in [1.29, 1.82) is 5.26 Å². The summed E-state index contributed by atoms with van der Waals surface area (Å²) in [5.41, 5.74) is -0.416. The first-order valence-electron chi connectivity index (χ1n) is 6.59. The zero-order valence-corrected chi connectivity index (χ0v) is 11.7. The second kappa shape index (κ2) is 6.34. The highest BCUT2D eigenvalue weighted by atomic mass is 15.3. The molecule has 0 aromatic rings. The van der Waals surface area contributed by atoms with Gasteiger partial charge in [0.25, 0.3) is 0 Å². The van der Waals surface area contributed by atoms with Gasteiger partial charge in [-0.2, -0.15) is 5.26 Å². The van der Waals surface area contributed by atoms with Crippen LogP contribution in [-0.2, 0) is 0 Å². The van der Waals surface area contributed by atoms with Gasteiger partial charge in [-0.15, -0.1) is 0 Å². The third-order valence-corrected chi connectivity index (χ3v) is 3.50. The lowest BCUT2D eigenvalue weighted by Gasteiger charge is -2.41. The fourth-order valence-corrected chi connectivity index (χ4v) is 2.35. The molecule has 2 unspecified atom stereocenters.